The second-order valence-electron chi connectivity index (χ2n) is 0.970. The summed E-state index contributed by atoms with van der Waals surface area (Å²) >= 11 is 4.27. The van der Waals surface area contributed by atoms with Crippen LogP contribution in [0.1, 0.15) is 9.12 Å². The number of aryl methyl sites for hydroxylation is 1. The van der Waals surface area contributed by atoms with Crippen LogP contribution in [0, 0.1) is 6.85 Å². The highest BCUT2D eigenvalue weighted by molar-refractivity contribution is 9.11. The third-order valence-corrected chi connectivity index (χ3v) is 1.77. The lowest BCUT2D eigenvalue weighted by atomic mass is 10.8. The van der Waals surface area contributed by atoms with E-state index in [-0.39, 0.29) is 5.01 Å². The van der Waals surface area contributed by atoms with Gasteiger partial charge in [-0.15, -0.1) is 11.3 Å². The lowest BCUT2D eigenvalue weighted by molar-refractivity contribution is 1.29. The highest BCUT2D eigenvalue weighted by Crippen LogP contribution is 2.17. The maximum absolute atomic E-state index is 6.95. The number of hydrogen-bond donors (Lipinski definition) is 0. The zero-order valence-corrected chi connectivity index (χ0v) is 5.71. The van der Waals surface area contributed by atoms with Crippen LogP contribution in [0.5, 0.6) is 0 Å². The normalized spacial score (nSPS) is 17.6. The van der Waals surface area contributed by atoms with Crippen LogP contribution in [0.15, 0.2) is 9.98 Å². The van der Waals surface area contributed by atoms with Gasteiger partial charge in [0.25, 0.3) is 0 Å². The highest BCUT2D eigenvalue weighted by Gasteiger charge is 1.88. The van der Waals surface area contributed by atoms with Crippen molar-refractivity contribution in [2.24, 2.45) is 0 Å². The molecule has 0 N–H and O–H groups in total. The Morgan fingerprint density at radius 2 is 3.00 bits per heavy atom. The number of aromatic nitrogens is 1. The Balaban J connectivity index is 2.96. The molecule has 0 bridgehead atoms. The van der Waals surface area contributed by atoms with E-state index in [9.17, 15) is 0 Å². The smallest absolute Gasteiger partial charge is 0.0905 e. The maximum atomic E-state index is 6.95. The van der Waals surface area contributed by atoms with Crippen LogP contribution in [0.25, 0.3) is 0 Å². The number of thiazole rings is 1. The molecule has 0 saturated carbocycles. The third-order valence-electron chi connectivity index (χ3n) is 0.477. The van der Waals surface area contributed by atoms with Gasteiger partial charge >= 0.3 is 0 Å². The first-order valence-electron chi connectivity index (χ1n) is 3.12. The van der Waals surface area contributed by atoms with Gasteiger partial charge in [-0.25, -0.2) is 4.98 Å². The fourth-order valence-corrected chi connectivity index (χ4v) is 1.21. The summed E-state index contributed by atoms with van der Waals surface area (Å²) in [5.74, 6) is 0. The minimum Gasteiger partial charge on any atom is -0.249 e. The number of hydrogen-bond acceptors (Lipinski definition) is 2. The molecule has 38 valence electrons. The van der Waals surface area contributed by atoms with Crippen LogP contribution in [0.3, 0.4) is 0 Å². The van der Waals surface area contributed by atoms with Crippen LogP contribution >= 0.6 is 27.3 Å². The van der Waals surface area contributed by atoms with E-state index in [4.69, 9.17) is 4.11 Å². The third kappa shape index (κ3) is 1.24. The van der Waals surface area contributed by atoms with Gasteiger partial charge in [0.05, 0.1) is 15.0 Å². The van der Waals surface area contributed by atoms with Crippen molar-refractivity contribution >= 4 is 27.3 Å². The van der Waals surface area contributed by atoms with Gasteiger partial charge in [-0.1, -0.05) is 0 Å². The monoisotopic (exact) mass is 180 g/mol. The van der Waals surface area contributed by atoms with Gasteiger partial charge in [0.2, 0.25) is 0 Å². The SMILES string of the molecule is [2H]C([2H])([2H])c1ncc(Br)s1. The minimum atomic E-state index is -2.06. The molecule has 0 radical (unpaired) electrons. The van der Waals surface area contributed by atoms with Crippen molar-refractivity contribution in [3.05, 3.63) is 15.0 Å². The number of halogens is 1. The first kappa shape index (κ1) is 2.60. The van der Waals surface area contributed by atoms with Gasteiger partial charge < -0.3 is 0 Å². The standard InChI is InChI=1S/C4H4BrNS/c1-3-6-2-4(5)7-3/h2H,1H3/i1D3. The Morgan fingerprint density at radius 1 is 2.14 bits per heavy atom. The Morgan fingerprint density at radius 3 is 3.29 bits per heavy atom. The van der Waals surface area contributed by atoms with Crippen molar-refractivity contribution < 1.29 is 4.11 Å². The molecule has 7 heavy (non-hydrogen) atoms. The van der Waals surface area contributed by atoms with E-state index >= 15 is 0 Å². The van der Waals surface area contributed by atoms with Crippen molar-refractivity contribution in [3.63, 3.8) is 0 Å². The van der Waals surface area contributed by atoms with Gasteiger partial charge in [0, 0.05) is 4.11 Å². The summed E-state index contributed by atoms with van der Waals surface area (Å²) in [5, 5.41) is 0.180. The van der Waals surface area contributed by atoms with Crippen LogP contribution in [-0.4, -0.2) is 4.98 Å². The highest BCUT2D eigenvalue weighted by atomic mass is 79.9. The summed E-state index contributed by atoms with van der Waals surface area (Å²) in [6.45, 7) is -2.06. The van der Waals surface area contributed by atoms with Gasteiger partial charge in [0.15, 0.2) is 0 Å². The fraction of sp³-hybridized carbons (Fsp3) is 0.250. The molecule has 0 aliphatic heterocycles. The van der Waals surface area contributed by atoms with E-state index in [1.54, 1.807) is 0 Å². The summed E-state index contributed by atoms with van der Waals surface area (Å²) in [4.78, 5) is 3.70. The molecule has 0 fully saturated rings. The molecule has 1 nitrogen and oxygen atoms in total. The average Bonchev–Trinajstić information content (AvgIpc) is 2.11. The average molecular weight is 181 g/mol. The van der Waals surface area contributed by atoms with Gasteiger partial charge in [0.1, 0.15) is 0 Å². The predicted octanol–water partition coefficient (Wildman–Crippen LogP) is 2.21. The van der Waals surface area contributed by atoms with Crippen molar-refractivity contribution in [1.82, 2.24) is 4.98 Å². The molecular formula is C4H4BrNS. The van der Waals surface area contributed by atoms with Gasteiger partial charge in [-0.3, -0.25) is 0 Å². The van der Waals surface area contributed by atoms with E-state index in [1.165, 1.54) is 6.20 Å². The molecule has 0 atom stereocenters. The van der Waals surface area contributed by atoms with Crippen molar-refractivity contribution in [2.45, 2.75) is 6.85 Å². The van der Waals surface area contributed by atoms with E-state index in [0.717, 1.165) is 15.1 Å². The minimum absolute atomic E-state index is 0.180. The van der Waals surface area contributed by atoms with Gasteiger partial charge in [-0.2, -0.15) is 0 Å². The fourth-order valence-electron chi connectivity index (χ4n) is 0.254. The molecule has 0 aromatic carbocycles. The van der Waals surface area contributed by atoms with E-state index in [2.05, 4.69) is 20.9 Å². The molecule has 1 aromatic rings. The molecule has 0 amide bonds. The first-order chi connectivity index (χ1) is 4.50. The molecule has 0 aliphatic rings. The molecule has 0 saturated heterocycles. The molecule has 0 aliphatic carbocycles. The van der Waals surface area contributed by atoms with Crippen LogP contribution in [0.2, 0.25) is 0 Å². The van der Waals surface area contributed by atoms with E-state index in [1.807, 2.05) is 0 Å². The Bertz CT molecular complexity index is 231. The van der Waals surface area contributed by atoms with Crippen molar-refractivity contribution in [3.8, 4) is 0 Å². The van der Waals surface area contributed by atoms with Crippen LogP contribution < -0.4 is 0 Å². The zero-order chi connectivity index (χ0) is 7.78. The van der Waals surface area contributed by atoms with Crippen LogP contribution in [-0.2, 0) is 0 Å². The summed E-state index contributed by atoms with van der Waals surface area (Å²) in [6.07, 6.45) is 1.49. The molecule has 3 heteroatoms. The second-order valence-corrected chi connectivity index (χ2v) is 3.38. The number of rotatable bonds is 0. The first-order valence-corrected chi connectivity index (χ1v) is 3.23. The molecule has 1 heterocycles. The summed E-state index contributed by atoms with van der Waals surface area (Å²) in [7, 11) is 0. The summed E-state index contributed by atoms with van der Waals surface area (Å²) in [6, 6.07) is 0. The molecule has 1 rings (SSSR count). The Labute approximate surface area is 58.7 Å². The largest absolute Gasteiger partial charge is 0.249 e. The molecular weight excluding hydrogens is 174 g/mol. The van der Waals surface area contributed by atoms with Crippen molar-refractivity contribution in [2.75, 3.05) is 0 Å². The predicted molar refractivity (Wildman–Crippen MR) is 34.6 cm³/mol. The van der Waals surface area contributed by atoms with E-state index in [0.29, 0.717) is 0 Å². The topological polar surface area (TPSA) is 12.9 Å². The maximum Gasteiger partial charge on any atom is 0.0905 e. The molecule has 0 spiro atoms. The second kappa shape index (κ2) is 1.92. The van der Waals surface area contributed by atoms with Crippen molar-refractivity contribution in [1.29, 1.82) is 0 Å². The zero-order valence-electron chi connectivity index (χ0n) is 6.31. The molecule has 0 unspecified atom stereocenters. The quantitative estimate of drug-likeness (QED) is 0.597. The Hall–Kier alpha value is 0.110. The van der Waals surface area contributed by atoms with Gasteiger partial charge in [-0.05, 0) is 22.8 Å². The molecule has 1 aromatic heterocycles. The van der Waals surface area contributed by atoms with Crippen LogP contribution in [0.4, 0.5) is 0 Å². The Kier molecular flexibility index (Phi) is 0.713. The lowest BCUT2D eigenvalue weighted by Crippen LogP contribution is -1.56. The lowest BCUT2D eigenvalue weighted by Gasteiger charge is -1.67. The summed E-state index contributed by atoms with van der Waals surface area (Å²) < 4.78 is 21.6. The number of nitrogens with zero attached hydrogens (tertiary/aromatic N) is 1. The summed E-state index contributed by atoms with van der Waals surface area (Å²) in [5.41, 5.74) is 0. The van der Waals surface area contributed by atoms with E-state index < -0.39 is 6.85 Å².